The molecule has 1 aromatic heterocycles. The van der Waals surface area contributed by atoms with Gasteiger partial charge in [0.25, 0.3) is 0 Å². The van der Waals surface area contributed by atoms with E-state index in [4.69, 9.17) is 9.15 Å². The fraction of sp³-hybridized carbons (Fsp3) is 0.643. The van der Waals surface area contributed by atoms with E-state index in [0.717, 1.165) is 24.5 Å². The van der Waals surface area contributed by atoms with Crippen molar-refractivity contribution in [2.45, 2.75) is 43.7 Å². The van der Waals surface area contributed by atoms with Crippen LogP contribution >= 0.6 is 11.8 Å². The van der Waals surface area contributed by atoms with Crippen molar-refractivity contribution in [3.8, 4) is 0 Å². The molecule has 0 bridgehead atoms. The number of rotatable bonds is 8. The molecule has 0 saturated heterocycles. The Bertz CT molecular complexity index is 380. The third kappa shape index (κ3) is 4.91. The number of esters is 1. The van der Waals surface area contributed by atoms with Gasteiger partial charge < -0.3 is 14.5 Å². The van der Waals surface area contributed by atoms with Gasteiger partial charge in [0.15, 0.2) is 0 Å². The average Bonchev–Trinajstić information content (AvgIpc) is 2.88. The van der Waals surface area contributed by atoms with Gasteiger partial charge in [-0.05, 0) is 32.0 Å². The maximum Gasteiger partial charge on any atom is 0.325 e. The Morgan fingerprint density at radius 3 is 2.89 bits per heavy atom. The maximum absolute atomic E-state index is 11.9. The molecule has 4 nitrogen and oxygen atoms in total. The Morgan fingerprint density at radius 1 is 1.63 bits per heavy atom. The van der Waals surface area contributed by atoms with Gasteiger partial charge in [-0.15, -0.1) is 0 Å². The van der Waals surface area contributed by atoms with Gasteiger partial charge in [0.1, 0.15) is 11.3 Å². The van der Waals surface area contributed by atoms with Crippen LogP contribution in [-0.2, 0) is 15.3 Å². The summed E-state index contributed by atoms with van der Waals surface area (Å²) in [5.41, 5.74) is -0.626. The van der Waals surface area contributed by atoms with E-state index < -0.39 is 5.54 Å². The molecule has 1 N–H and O–H groups in total. The smallest absolute Gasteiger partial charge is 0.325 e. The van der Waals surface area contributed by atoms with Gasteiger partial charge in [0.05, 0.1) is 19.1 Å². The van der Waals surface area contributed by atoms with E-state index >= 15 is 0 Å². The molecule has 0 amide bonds. The molecule has 0 aliphatic carbocycles. The van der Waals surface area contributed by atoms with E-state index in [2.05, 4.69) is 12.2 Å². The number of methoxy groups -OCH3 is 1. The summed E-state index contributed by atoms with van der Waals surface area (Å²) in [4.78, 5) is 11.9. The second kappa shape index (κ2) is 7.60. The zero-order valence-electron chi connectivity index (χ0n) is 12.1. The van der Waals surface area contributed by atoms with Crippen LogP contribution in [0.4, 0.5) is 0 Å². The van der Waals surface area contributed by atoms with Crippen LogP contribution < -0.4 is 5.32 Å². The Hall–Kier alpha value is -0.940. The minimum atomic E-state index is -0.626. The first kappa shape index (κ1) is 16.1. The molecule has 108 valence electrons. The molecule has 0 aliphatic heterocycles. The predicted molar refractivity (Wildman–Crippen MR) is 78.2 cm³/mol. The van der Waals surface area contributed by atoms with Gasteiger partial charge in [0.2, 0.25) is 0 Å². The molecule has 1 heterocycles. The largest absolute Gasteiger partial charge is 0.468 e. The monoisotopic (exact) mass is 285 g/mol. The molecule has 0 fully saturated rings. The highest BCUT2D eigenvalue weighted by Crippen LogP contribution is 2.26. The Kier molecular flexibility index (Phi) is 6.45. The highest BCUT2D eigenvalue weighted by Gasteiger charge is 2.35. The van der Waals surface area contributed by atoms with E-state index in [0.29, 0.717) is 5.25 Å². The lowest BCUT2D eigenvalue weighted by Gasteiger charge is -2.30. The van der Waals surface area contributed by atoms with Crippen molar-refractivity contribution in [1.29, 1.82) is 0 Å². The molecular formula is C14H23NO3S. The number of carbonyl (C=O) groups is 1. The highest BCUT2D eigenvalue weighted by atomic mass is 32.2. The second-order valence-corrected chi connectivity index (χ2v) is 6.19. The lowest BCUT2D eigenvalue weighted by Crippen LogP contribution is -2.51. The van der Waals surface area contributed by atoms with Crippen molar-refractivity contribution < 1.29 is 13.9 Å². The molecule has 0 aromatic carbocycles. The van der Waals surface area contributed by atoms with Crippen LogP contribution in [-0.4, -0.2) is 30.4 Å². The number of thioether (sulfide) groups is 1. The molecular weight excluding hydrogens is 262 g/mol. The van der Waals surface area contributed by atoms with Crippen molar-refractivity contribution in [3.63, 3.8) is 0 Å². The number of nitrogens with one attached hydrogen (secondary N) is 1. The third-order valence-electron chi connectivity index (χ3n) is 2.99. The average molecular weight is 285 g/mol. The number of ether oxygens (including phenoxy) is 1. The van der Waals surface area contributed by atoms with Gasteiger partial charge in [-0.3, -0.25) is 4.79 Å². The zero-order chi connectivity index (χ0) is 14.3. The number of carbonyl (C=O) groups excluding carboxylic acids is 1. The fourth-order valence-corrected chi connectivity index (χ4v) is 3.16. The van der Waals surface area contributed by atoms with Crippen LogP contribution in [0, 0.1) is 0 Å². The second-order valence-electron chi connectivity index (χ2n) is 4.76. The molecule has 0 radical (unpaired) electrons. The summed E-state index contributed by atoms with van der Waals surface area (Å²) < 4.78 is 10.2. The first-order valence-electron chi connectivity index (χ1n) is 6.49. The Morgan fingerprint density at radius 2 is 2.37 bits per heavy atom. The predicted octanol–water partition coefficient (Wildman–Crippen LogP) is 2.83. The van der Waals surface area contributed by atoms with E-state index in [-0.39, 0.29) is 5.97 Å². The molecule has 2 unspecified atom stereocenters. The standard InChI is InChI=1S/C14H23NO3S/c1-5-15-14(3,13(16)17-4)9-11(2)19-10-12-7-6-8-18-12/h6-8,11,15H,5,9-10H2,1-4H3. The number of furan rings is 1. The highest BCUT2D eigenvalue weighted by molar-refractivity contribution is 7.99. The Labute approximate surface area is 119 Å². The minimum absolute atomic E-state index is 0.209. The molecule has 19 heavy (non-hydrogen) atoms. The molecule has 5 heteroatoms. The lowest BCUT2D eigenvalue weighted by atomic mass is 9.96. The summed E-state index contributed by atoms with van der Waals surface area (Å²) in [7, 11) is 1.43. The van der Waals surface area contributed by atoms with Crippen LogP contribution in [0.3, 0.4) is 0 Å². The molecule has 0 spiro atoms. The van der Waals surface area contributed by atoms with Crippen molar-refractivity contribution in [2.24, 2.45) is 0 Å². The SMILES string of the molecule is CCNC(C)(CC(C)SCc1ccco1)C(=O)OC. The van der Waals surface area contributed by atoms with Crippen LogP contribution in [0.5, 0.6) is 0 Å². The summed E-state index contributed by atoms with van der Waals surface area (Å²) in [6.07, 6.45) is 2.40. The van der Waals surface area contributed by atoms with E-state index in [1.807, 2.05) is 26.0 Å². The fourth-order valence-electron chi connectivity index (χ4n) is 2.10. The third-order valence-corrected chi connectivity index (χ3v) is 4.18. The van der Waals surface area contributed by atoms with Gasteiger partial charge in [-0.2, -0.15) is 11.8 Å². The summed E-state index contributed by atoms with van der Waals surface area (Å²) >= 11 is 1.77. The molecule has 1 aromatic rings. The maximum atomic E-state index is 11.9. The normalized spacial score (nSPS) is 15.8. The van der Waals surface area contributed by atoms with Crippen LogP contribution in [0.25, 0.3) is 0 Å². The first-order valence-corrected chi connectivity index (χ1v) is 7.54. The number of likely N-dealkylation sites (N-methyl/N-ethyl adjacent to an activating group) is 1. The van der Waals surface area contributed by atoms with Gasteiger partial charge in [-0.25, -0.2) is 0 Å². The quantitative estimate of drug-likeness (QED) is 0.744. The van der Waals surface area contributed by atoms with Gasteiger partial charge >= 0.3 is 5.97 Å². The van der Waals surface area contributed by atoms with E-state index in [1.165, 1.54) is 7.11 Å². The lowest BCUT2D eigenvalue weighted by molar-refractivity contribution is -0.148. The number of hydrogen-bond donors (Lipinski definition) is 1. The molecule has 2 atom stereocenters. The Balaban J connectivity index is 2.51. The zero-order valence-corrected chi connectivity index (χ0v) is 12.9. The van der Waals surface area contributed by atoms with E-state index in [1.54, 1.807) is 18.0 Å². The molecule has 0 aliphatic rings. The summed E-state index contributed by atoms with van der Waals surface area (Å²) in [5, 5.41) is 3.55. The number of hydrogen-bond acceptors (Lipinski definition) is 5. The van der Waals surface area contributed by atoms with Crippen molar-refractivity contribution in [3.05, 3.63) is 24.2 Å². The van der Waals surface area contributed by atoms with Crippen LogP contribution in [0.15, 0.2) is 22.8 Å². The van der Waals surface area contributed by atoms with Crippen LogP contribution in [0.2, 0.25) is 0 Å². The topological polar surface area (TPSA) is 51.5 Å². The van der Waals surface area contributed by atoms with Crippen LogP contribution in [0.1, 0.15) is 33.0 Å². The first-order chi connectivity index (χ1) is 9.01. The van der Waals surface area contributed by atoms with Crippen molar-refractivity contribution >= 4 is 17.7 Å². The summed E-state index contributed by atoms with van der Waals surface area (Å²) in [6, 6.07) is 3.85. The van der Waals surface area contributed by atoms with Crippen molar-refractivity contribution in [1.82, 2.24) is 5.32 Å². The molecule has 1 rings (SSSR count). The molecule has 0 saturated carbocycles. The summed E-state index contributed by atoms with van der Waals surface area (Å²) in [6.45, 7) is 6.74. The van der Waals surface area contributed by atoms with Gasteiger partial charge in [0, 0.05) is 5.25 Å². The van der Waals surface area contributed by atoms with E-state index in [9.17, 15) is 4.79 Å². The van der Waals surface area contributed by atoms with Gasteiger partial charge in [-0.1, -0.05) is 13.8 Å². The minimum Gasteiger partial charge on any atom is -0.468 e. The summed E-state index contributed by atoms with van der Waals surface area (Å²) in [5.74, 6) is 1.57. The van der Waals surface area contributed by atoms with Crippen molar-refractivity contribution in [2.75, 3.05) is 13.7 Å².